The highest BCUT2D eigenvalue weighted by Gasteiger charge is 2.54. The average molecular weight is 321 g/mol. The lowest BCUT2D eigenvalue weighted by Crippen LogP contribution is -2.74. The van der Waals surface area contributed by atoms with Gasteiger partial charge in [-0.3, -0.25) is 4.79 Å². The number of rotatable bonds is 4. The molecular weight excluding hydrogens is 292 g/mol. The van der Waals surface area contributed by atoms with E-state index in [4.69, 9.17) is 0 Å². The smallest absolute Gasteiger partial charge is 0.241 e. The summed E-state index contributed by atoms with van der Waals surface area (Å²) in [5, 5.41) is 0. The zero-order chi connectivity index (χ0) is 16.0. The van der Waals surface area contributed by atoms with Crippen molar-refractivity contribution in [2.24, 2.45) is 0 Å². The Balaban J connectivity index is 2.42. The quantitative estimate of drug-likeness (QED) is 0.626. The highest BCUT2D eigenvalue weighted by molar-refractivity contribution is 6.89. The van der Waals surface area contributed by atoms with Crippen LogP contribution in [0.5, 0.6) is 0 Å². The van der Waals surface area contributed by atoms with Gasteiger partial charge in [0.25, 0.3) is 0 Å². The Bertz CT molecular complexity index is 505. The number of carbonyl (C=O) groups is 1. The van der Waals surface area contributed by atoms with E-state index >= 15 is 0 Å². The Hall–Kier alpha value is -0.916. The van der Waals surface area contributed by atoms with Crippen LogP contribution in [-0.4, -0.2) is 44.6 Å². The third-order valence-corrected chi connectivity index (χ3v) is 11.7. The summed E-state index contributed by atoms with van der Waals surface area (Å²) in [6.45, 7) is 14.2. The molecule has 1 aliphatic heterocycles. The van der Waals surface area contributed by atoms with E-state index in [2.05, 4.69) is 67.8 Å². The topological polar surface area (TPSA) is 23.6 Å². The molecule has 0 spiro atoms. The zero-order valence-electron chi connectivity index (χ0n) is 14.3. The molecule has 0 N–H and O–H groups in total. The van der Waals surface area contributed by atoms with Crippen LogP contribution in [0.3, 0.4) is 0 Å². The van der Waals surface area contributed by atoms with E-state index in [0.717, 1.165) is 0 Å². The van der Waals surface area contributed by atoms with E-state index in [9.17, 15) is 4.79 Å². The maximum Gasteiger partial charge on any atom is 0.241 e. The minimum Gasteiger partial charge on any atom is -0.335 e. The van der Waals surface area contributed by atoms with Crippen molar-refractivity contribution in [2.45, 2.75) is 51.4 Å². The van der Waals surface area contributed by atoms with Crippen molar-refractivity contribution in [1.82, 2.24) is 9.13 Å². The summed E-state index contributed by atoms with van der Waals surface area (Å²) in [5.74, 6) is 0.286. The number of amides is 1. The molecule has 0 bridgehead atoms. The van der Waals surface area contributed by atoms with Crippen LogP contribution in [0.2, 0.25) is 39.3 Å². The third-order valence-electron chi connectivity index (χ3n) is 4.18. The van der Waals surface area contributed by atoms with Gasteiger partial charge in [0, 0.05) is 7.05 Å². The molecule has 0 radical (unpaired) electrons. The van der Waals surface area contributed by atoms with Crippen molar-refractivity contribution in [2.75, 3.05) is 7.05 Å². The van der Waals surface area contributed by atoms with E-state index in [1.165, 1.54) is 5.56 Å². The van der Waals surface area contributed by atoms with Crippen molar-refractivity contribution in [1.29, 1.82) is 0 Å². The molecule has 3 nitrogen and oxygen atoms in total. The summed E-state index contributed by atoms with van der Waals surface area (Å²) in [5.41, 5.74) is 1.26. The van der Waals surface area contributed by atoms with Gasteiger partial charge < -0.3 is 9.13 Å². The first-order chi connectivity index (χ1) is 9.55. The van der Waals surface area contributed by atoms with Crippen LogP contribution in [0, 0.1) is 0 Å². The fourth-order valence-electron chi connectivity index (χ4n) is 3.76. The predicted molar refractivity (Wildman–Crippen MR) is 94.3 cm³/mol. The van der Waals surface area contributed by atoms with Gasteiger partial charge in [-0.25, -0.2) is 0 Å². The maximum atomic E-state index is 12.6. The van der Waals surface area contributed by atoms with Gasteiger partial charge in [-0.1, -0.05) is 69.6 Å². The molecule has 21 heavy (non-hydrogen) atoms. The first-order valence-corrected chi connectivity index (χ1v) is 14.6. The standard InChI is InChI=1S/C16H28N2OSi2/c1-17-14(13-11-9-8-10-12-13)15(16(17)19)18(20(2,3)4)21(5,6)7/h8-12,14-15H,1-7H3. The first-order valence-electron chi connectivity index (χ1n) is 7.66. The summed E-state index contributed by atoms with van der Waals surface area (Å²) < 4.78 is 2.64. The van der Waals surface area contributed by atoms with E-state index in [-0.39, 0.29) is 18.0 Å². The molecule has 1 heterocycles. The SMILES string of the molecule is CN1C(=O)C(N([Si](C)(C)C)[Si](C)(C)C)C1c1ccccc1. The second-order valence-corrected chi connectivity index (χ2v) is 18.1. The van der Waals surface area contributed by atoms with Gasteiger partial charge in [-0.15, -0.1) is 0 Å². The number of β-lactam (4-membered cyclic amide) rings is 1. The monoisotopic (exact) mass is 320 g/mol. The molecule has 1 aromatic carbocycles. The van der Waals surface area contributed by atoms with Gasteiger partial charge in [-0.2, -0.15) is 0 Å². The molecule has 1 amide bonds. The van der Waals surface area contributed by atoms with Crippen LogP contribution in [0.25, 0.3) is 0 Å². The first kappa shape index (κ1) is 16.5. The Labute approximate surface area is 131 Å². The number of carbonyl (C=O) groups excluding carboxylic acids is 1. The fourth-order valence-corrected chi connectivity index (χ4v) is 14.0. The van der Waals surface area contributed by atoms with Crippen LogP contribution >= 0.6 is 0 Å². The number of hydrogen-bond acceptors (Lipinski definition) is 2. The predicted octanol–water partition coefficient (Wildman–Crippen LogP) is 3.54. The van der Waals surface area contributed by atoms with Crippen molar-refractivity contribution in [3.05, 3.63) is 35.9 Å². The largest absolute Gasteiger partial charge is 0.335 e. The number of likely N-dealkylation sites (tertiary alicyclic amines) is 1. The molecule has 0 aliphatic carbocycles. The molecule has 1 saturated heterocycles. The van der Waals surface area contributed by atoms with Crippen molar-refractivity contribution in [3.63, 3.8) is 0 Å². The molecule has 1 aromatic rings. The minimum absolute atomic E-state index is 0.0377. The molecule has 2 atom stereocenters. The zero-order valence-corrected chi connectivity index (χ0v) is 16.3. The molecule has 0 saturated carbocycles. The second kappa shape index (κ2) is 5.37. The summed E-state index contributed by atoms with van der Waals surface area (Å²) in [7, 11) is -1.17. The maximum absolute atomic E-state index is 12.6. The van der Waals surface area contributed by atoms with E-state index < -0.39 is 16.5 Å². The molecule has 1 aliphatic rings. The summed E-state index contributed by atoms with van der Waals surface area (Å²) in [6, 6.07) is 10.7. The Kier molecular flexibility index (Phi) is 4.21. The minimum atomic E-state index is -1.55. The van der Waals surface area contributed by atoms with Crippen LogP contribution < -0.4 is 0 Å². The van der Waals surface area contributed by atoms with Crippen LogP contribution in [0.1, 0.15) is 11.6 Å². The van der Waals surface area contributed by atoms with Gasteiger partial charge in [0.05, 0.1) is 6.04 Å². The van der Waals surface area contributed by atoms with Gasteiger partial charge >= 0.3 is 0 Å². The van der Waals surface area contributed by atoms with Crippen molar-refractivity contribution >= 4 is 22.4 Å². The third kappa shape index (κ3) is 3.00. The molecule has 0 aromatic heterocycles. The number of benzene rings is 1. The highest BCUT2D eigenvalue weighted by Crippen LogP contribution is 2.41. The summed E-state index contributed by atoms with van der Waals surface area (Å²) >= 11 is 0. The second-order valence-electron chi connectivity index (χ2n) is 7.96. The number of likely N-dealkylation sites (N-methyl/N-ethyl adjacent to an activating group) is 1. The lowest BCUT2D eigenvalue weighted by Gasteiger charge is -2.57. The normalized spacial score (nSPS) is 23.4. The van der Waals surface area contributed by atoms with Crippen LogP contribution in [0.4, 0.5) is 0 Å². The Morgan fingerprint density at radius 2 is 1.43 bits per heavy atom. The van der Waals surface area contributed by atoms with Crippen LogP contribution in [-0.2, 0) is 4.79 Å². The van der Waals surface area contributed by atoms with Gasteiger partial charge in [0.2, 0.25) is 5.91 Å². The average Bonchev–Trinajstić information content (AvgIpc) is 2.35. The van der Waals surface area contributed by atoms with Crippen LogP contribution in [0.15, 0.2) is 30.3 Å². The van der Waals surface area contributed by atoms with E-state index in [1.54, 1.807) is 0 Å². The van der Waals surface area contributed by atoms with Crippen molar-refractivity contribution in [3.8, 4) is 0 Å². The highest BCUT2D eigenvalue weighted by atomic mass is 28.4. The van der Waals surface area contributed by atoms with Gasteiger partial charge in [0.15, 0.2) is 0 Å². The molecular formula is C16H28N2OSi2. The lowest BCUT2D eigenvalue weighted by molar-refractivity contribution is -0.151. The Morgan fingerprint density at radius 1 is 0.952 bits per heavy atom. The molecule has 116 valence electrons. The summed E-state index contributed by atoms with van der Waals surface area (Å²) in [6.07, 6.45) is 0. The van der Waals surface area contributed by atoms with Gasteiger partial charge in [0.1, 0.15) is 22.5 Å². The Morgan fingerprint density at radius 3 is 1.86 bits per heavy atom. The number of hydrogen-bond donors (Lipinski definition) is 0. The van der Waals surface area contributed by atoms with Gasteiger partial charge in [-0.05, 0) is 5.56 Å². The molecule has 1 fully saturated rings. The lowest BCUT2D eigenvalue weighted by atomic mass is 9.90. The molecule has 5 heteroatoms. The molecule has 2 unspecified atom stereocenters. The fraction of sp³-hybridized carbons (Fsp3) is 0.562. The van der Waals surface area contributed by atoms with E-state index in [1.807, 2.05) is 18.0 Å². The summed E-state index contributed by atoms with van der Waals surface area (Å²) in [4.78, 5) is 14.5. The van der Waals surface area contributed by atoms with E-state index in [0.29, 0.717) is 0 Å². The van der Waals surface area contributed by atoms with Crippen molar-refractivity contribution < 1.29 is 4.79 Å². The number of nitrogens with zero attached hydrogens (tertiary/aromatic N) is 2. The molecule has 2 rings (SSSR count).